The number of carbonyl (C=O) groups is 1. The fraction of sp³-hybridized carbons (Fsp3) is 0.190. The fourth-order valence-electron chi connectivity index (χ4n) is 3.50. The first-order valence-corrected chi connectivity index (χ1v) is 9.67. The summed E-state index contributed by atoms with van der Waals surface area (Å²) in [5, 5.41) is 11.7. The first-order valence-electron chi connectivity index (χ1n) is 9.67. The number of nitrogens with zero attached hydrogens (tertiary/aromatic N) is 5. The molecule has 0 unspecified atom stereocenters. The minimum atomic E-state index is -0.581. The van der Waals surface area contributed by atoms with E-state index in [1.807, 2.05) is 30.3 Å². The highest BCUT2D eigenvalue weighted by atomic mass is 16.5. The Morgan fingerprint density at radius 1 is 1.13 bits per heavy atom. The van der Waals surface area contributed by atoms with E-state index < -0.39 is 5.91 Å². The first kappa shape index (κ1) is 18.0. The number of nitrogens with two attached hydrogens (primary N) is 1. The SMILES string of the molecule is NC(=O)c1cccc2c(-c3nc4c(c(NCc5ccccc5)n3)OCCC4)nnn12. The molecule has 5 rings (SSSR count). The lowest BCUT2D eigenvalue weighted by atomic mass is 10.1. The predicted octanol–water partition coefficient (Wildman–Crippen LogP) is 2.22. The zero-order chi connectivity index (χ0) is 20.5. The number of pyridine rings is 1. The van der Waals surface area contributed by atoms with Crippen LogP contribution in [0.5, 0.6) is 5.75 Å². The van der Waals surface area contributed by atoms with Gasteiger partial charge in [0.25, 0.3) is 5.91 Å². The molecule has 0 atom stereocenters. The van der Waals surface area contributed by atoms with E-state index in [9.17, 15) is 4.79 Å². The van der Waals surface area contributed by atoms with Gasteiger partial charge in [0.15, 0.2) is 23.1 Å². The van der Waals surface area contributed by atoms with Crippen molar-refractivity contribution in [2.24, 2.45) is 5.73 Å². The number of aryl methyl sites for hydroxylation is 1. The zero-order valence-electron chi connectivity index (χ0n) is 16.1. The summed E-state index contributed by atoms with van der Waals surface area (Å²) in [7, 11) is 0. The van der Waals surface area contributed by atoms with Crippen molar-refractivity contribution in [3.8, 4) is 17.3 Å². The Kier molecular flexibility index (Phi) is 4.47. The summed E-state index contributed by atoms with van der Waals surface area (Å²) in [4.78, 5) is 21.1. The van der Waals surface area contributed by atoms with Crippen LogP contribution >= 0.6 is 0 Å². The van der Waals surface area contributed by atoms with E-state index in [0.29, 0.717) is 41.8 Å². The number of anilines is 1. The van der Waals surface area contributed by atoms with Gasteiger partial charge in [-0.3, -0.25) is 4.79 Å². The molecule has 9 nitrogen and oxygen atoms in total. The van der Waals surface area contributed by atoms with Gasteiger partial charge in [0.05, 0.1) is 17.8 Å². The Morgan fingerprint density at radius 3 is 2.83 bits per heavy atom. The number of ether oxygens (including phenoxy) is 1. The molecule has 3 N–H and O–H groups in total. The van der Waals surface area contributed by atoms with Crippen molar-refractivity contribution in [1.29, 1.82) is 0 Å². The molecule has 3 aromatic heterocycles. The van der Waals surface area contributed by atoms with Crippen molar-refractivity contribution < 1.29 is 9.53 Å². The number of fused-ring (bicyclic) bond motifs is 2. The molecule has 0 fully saturated rings. The minimum absolute atomic E-state index is 0.245. The summed E-state index contributed by atoms with van der Waals surface area (Å²) >= 11 is 0. The van der Waals surface area contributed by atoms with E-state index in [0.717, 1.165) is 24.1 Å². The number of carbonyl (C=O) groups excluding carboxylic acids is 1. The number of hydrogen-bond donors (Lipinski definition) is 2. The van der Waals surface area contributed by atoms with Crippen LogP contribution in [0.2, 0.25) is 0 Å². The van der Waals surface area contributed by atoms with E-state index in [4.69, 9.17) is 10.5 Å². The maximum Gasteiger partial charge on any atom is 0.267 e. The molecule has 1 amide bonds. The maximum absolute atomic E-state index is 11.7. The first-order chi connectivity index (χ1) is 14.7. The predicted molar refractivity (Wildman–Crippen MR) is 110 cm³/mol. The summed E-state index contributed by atoms with van der Waals surface area (Å²) in [5.41, 5.74) is 8.74. The summed E-state index contributed by atoms with van der Waals surface area (Å²) in [6.45, 7) is 1.23. The van der Waals surface area contributed by atoms with Crippen molar-refractivity contribution in [2.75, 3.05) is 11.9 Å². The highest BCUT2D eigenvalue weighted by Gasteiger charge is 2.23. The number of amides is 1. The second-order valence-electron chi connectivity index (χ2n) is 6.97. The highest BCUT2D eigenvalue weighted by molar-refractivity contribution is 5.92. The van der Waals surface area contributed by atoms with Gasteiger partial charge < -0.3 is 15.8 Å². The summed E-state index contributed by atoms with van der Waals surface area (Å²) in [6.07, 6.45) is 1.67. The molecule has 0 radical (unpaired) electrons. The van der Waals surface area contributed by atoms with Crippen LogP contribution < -0.4 is 15.8 Å². The van der Waals surface area contributed by atoms with Gasteiger partial charge in [0, 0.05) is 6.54 Å². The molecule has 150 valence electrons. The van der Waals surface area contributed by atoms with Gasteiger partial charge in [-0.1, -0.05) is 41.6 Å². The Morgan fingerprint density at radius 2 is 2.00 bits per heavy atom. The molecule has 0 bridgehead atoms. The third-order valence-electron chi connectivity index (χ3n) is 4.95. The van der Waals surface area contributed by atoms with Crippen LogP contribution in [0.25, 0.3) is 17.0 Å². The molecule has 1 aromatic carbocycles. The molecule has 1 aliphatic rings. The molecular formula is C21H19N7O2. The quantitative estimate of drug-likeness (QED) is 0.526. The molecule has 0 saturated heterocycles. The second kappa shape index (κ2) is 7.43. The monoisotopic (exact) mass is 401 g/mol. The lowest BCUT2D eigenvalue weighted by Crippen LogP contribution is -2.16. The number of nitrogens with one attached hydrogen (secondary N) is 1. The summed E-state index contributed by atoms with van der Waals surface area (Å²) < 4.78 is 7.27. The molecule has 30 heavy (non-hydrogen) atoms. The van der Waals surface area contributed by atoms with Crippen LogP contribution in [0, 0.1) is 0 Å². The van der Waals surface area contributed by atoms with Crippen molar-refractivity contribution >= 4 is 17.2 Å². The molecule has 9 heteroatoms. The number of hydrogen-bond acceptors (Lipinski definition) is 7. The topological polar surface area (TPSA) is 120 Å². The van der Waals surface area contributed by atoms with Crippen LogP contribution in [0.3, 0.4) is 0 Å². The average molecular weight is 401 g/mol. The van der Waals surface area contributed by atoms with Crippen LogP contribution in [0.1, 0.15) is 28.2 Å². The Hall–Kier alpha value is -4.01. The Bertz CT molecular complexity index is 1240. The van der Waals surface area contributed by atoms with Crippen molar-refractivity contribution in [3.63, 3.8) is 0 Å². The third kappa shape index (κ3) is 3.20. The number of aromatic nitrogens is 5. The number of benzene rings is 1. The third-order valence-corrected chi connectivity index (χ3v) is 4.95. The van der Waals surface area contributed by atoms with E-state index in [-0.39, 0.29) is 5.69 Å². The van der Waals surface area contributed by atoms with Crippen LogP contribution in [0.15, 0.2) is 48.5 Å². The van der Waals surface area contributed by atoms with Gasteiger partial charge in [-0.2, -0.15) is 0 Å². The molecule has 0 saturated carbocycles. The van der Waals surface area contributed by atoms with Crippen molar-refractivity contribution in [2.45, 2.75) is 19.4 Å². The lowest BCUT2D eigenvalue weighted by molar-refractivity contribution is 0.0993. The Labute approximate surface area is 171 Å². The van der Waals surface area contributed by atoms with Gasteiger partial charge >= 0.3 is 0 Å². The Balaban J connectivity index is 1.58. The number of primary amides is 1. The average Bonchev–Trinajstić information content (AvgIpc) is 3.22. The zero-order valence-corrected chi connectivity index (χ0v) is 16.1. The summed E-state index contributed by atoms with van der Waals surface area (Å²) in [5.74, 6) is 1.13. The van der Waals surface area contributed by atoms with E-state index in [1.165, 1.54) is 4.52 Å². The van der Waals surface area contributed by atoms with Gasteiger partial charge in [-0.05, 0) is 30.5 Å². The van der Waals surface area contributed by atoms with Crippen molar-refractivity contribution in [3.05, 3.63) is 65.5 Å². The van der Waals surface area contributed by atoms with Crippen molar-refractivity contribution in [1.82, 2.24) is 24.8 Å². The maximum atomic E-state index is 11.7. The molecular weight excluding hydrogens is 382 g/mol. The summed E-state index contributed by atoms with van der Waals surface area (Å²) in [6, 6.07) is 15.2. The molecule has 0 aliphatic carbocycles. The fourth-order valence-corrected chi connectivity index (χ4v) is 3.50. The van der Waals surface area contributed by atoms with Gasteiger partial charge in [0.2, 0.25) is 0 Å². The second-order valence-corrected chi connectivity index (χ2v) is 6.97. The van der Waals surface area contributed by atoms with E-state index in [2.05, 4.69) is 25.6 Å². The van der Waals surface area contributed by atoms with Crippen LogP contribution in [-0.2, 0) is 13.0 Å². The molecule has 1 aliphatic heterocycles. The highest BCUT2D eigenvalue weighted by Crippen LogP contribution is 2.33. The smallest absolute Gasteiger partial charge is 0.267 e. The lowest BCUT2D eigenvalue weighted by Gasteiger charge is -2.20. The van der Waals surface area contributed by atoms with Crippen LogP contribution in [0.4, 0.5) is 5.82 Å². The van der Waals surface area contributed by atoms with Gasteiger partial charge in [0.1, 0.15) is 5.69 Å². The van der Waals surface area contributed by atoms with Gasteiger partial charge in [-0.15, -0.1) is 5.10 Å². The molecule has 4 aromatic rings. The normalized spacial score (nSPS) is 12.9. The van der Waals surface area contributed by atoms with Gasteiger partial charge in [-0.25, -0.2) is 14.5 Å². The number of rotatable bonds is 5. The molecule has 0 spiro atoms. The molecule has 4 heterocycles. The minimum Gasteiger partial charge on any atom is -0.488 e. The van der Waals surface area contributed by atoms with E-state index >= 15 is 0 Å². The standard InChI is InChI=1S/C21H19N7O2/c22-19(29)16-10-4-9-15-17(26-27-28(15)16)20-24-14-8-5-11-30-18(14)21(25-20)23-12-13-6-2-1-3-7-13/h1-4,6-7,9-10H,5,8,11-12H2,(H2,22,29)(H,23,24,25). The van der Waals surface area contributed by atoms with E-state index in [1.54, 1.807) is 18.2 Å². The largest absolute Gasteiger partial charge is 0.488 e. The van der Waals surface area contributed by atoms with Crippen LogP contribution in [-0.4, -0.2) is 37.3 Å².